The van der Waals surface area contributed by atoms with Crippen LogP contribution in [0.4, 0.5) is 83.4 Å². The lowest BCUT2D eigenvalue weighted by atomic mass is 9.83. The first kappa shape index (κ1) is 32.7. The van der Waals surface area contributed by atoms with Gasteiger partial charge < -0.3 is 4.89 Å². The van der Waals surface area contributed by atoms with Crippen LogP contribution in [0.3, 0.4) is 0 Å². The Kier molecular flexibility index (Phi) is 8.33. The molecule has 1 unspecified atom stereocenters. The van der Waals surface area contributed by atoms with E-state index in [2.05, 4.69) is 4.52 Å². The summed E-state index contributed by atoms with van der Waals surface area (Å²) in [5, 5.41) is 0. The monoisotopic (exact) mass is 576 g/mol. The molecule has 0 aliphatic rings. The molecule has 0 aliphatic heterocycles. The summed E-state index contributed by atoms with van der Waals surface area (Å²) in [4.78, 5) is 9.90. The summed E-state index contributed by atoms with van der Waals surface area (Å²) in [5.74, 6) is -50.6. The van der Waals surface area contributed by atoms with Crippen LogP contribution in [0.15, 0.2) is 0 Å². The Hall–Kier alpha value is -1.31. The van der Waals surface area contributed by atoms with Gasteiger partial charge in [0.15, 0.2) is 0 Å². The van der Waals surface area contributed by atoms with Crippen LogP contribution in [0.25, 0.3) is 0 Å². The first-order valence-electron chi connectivity index (χ1n) is 7.28. The molecule has 3 nitrogen and oxygen atoms in total. The van der Waals surface area contributed by atoms with Gasteiger partial charge in [0.2, 0.25) is 0 Å². The van der Waals surface area contributed by atoms with E-state index in [0.717, 1.165) is 0 Å². The molecule has 0 heterocycles. The van der Waals surface area contributed by atoms with Crippen molar-refractivity contribution in [3.63, 3.8) is 0 Å². The van der Waals surface area contributed by atoms with E-state index in [0.29, 0.717) is 0 Å². The second kappa shape index (κ2) is 8.67. The van der Waals surface area contributed by atoms with Crippen LogP contribution in [0, 0.1) is 0 Å². The fraction of sp³-hybridized carbons (Fsp3) is 1.00. The molecule has 0 fully saturated rings. The van der Waals surface area contributed by atoms with Crippen molar-refractivity contribution in [3.05, 3.63) is 0 Å². The number of rotatable bonds is 10. The van der Waals surface area contributed by atoms with Crippen molar-refractivity contribution in [1.29, 1.82) is 0 Å². The average molecular weight is 576 g/mol. The summed E-state index contributed by atoms with van der Waals surface area (Å²) in [6.45, 7) is -2.27. The van der Waals surface area contributed by atoms with E-state index in [-0.39, 0.29) is 0 Å². The Morgan fingerprint density at radius 3 is 1.12 bits per heavy atom. The first-order chi connectivity index (χ1) is 14.4. The van der Waals surface area contributed by atoms with Crippen LogP contribution in [0.5, 0.6) is 0 Å². The molecule has 0 amide bonds. The zero-order valence-corrected chi connectivity index (χ0v) is 15.7. The standard InChI is InChI=1S/C11H4F19O3P/c12-3(13,1-2-33-34(31)32)5(15,16)7(19,20)9(23,24)8(21,22)6(17,18)4(14,10(25,26)27)11(28,29)30/h1-2H2. The van der Waals surface area contributed by atoms with E-state index >= 15 is 0 Å². The SMILES string of the molecule is O=[P+]([O-])OCCC(F)(F)C(F)(F)C(F)(F)C(F)(F)C(F)(F)C(F)(F)C(F)(C(F)(F)F)C(F)(F)F. The Morgan fingerprint density at radius 2 is 0.824 bits per heavy atom. The zero-order chi connectivity index (χ0) is 28.2. The van der Waals surface area contributed by atoms with Gasteiger partial charge in [-0.05, 0) is 4.57 Å². The van der Waals surface area contributed by atoms with Gasteiger partial charge in [-0.15, -0.1) is 4.52 Å². The summed E-state index contributed by atoms with van der Waals surface area (Å²) in [5.41, 5.74) is -8.79. The minimum absolute atomic E-state index is 2.27. The Balaban J connectivity index is 6.84. The lowest BCUT2D eigenvalue weighted by molar-refractivity contribution is -0.472. The largest absolute Gasteiger partial charge is 0.566 e. The molecule has 0 aliphatic carbocycles. The minimum Gasteiger partial charge on any atom is -0.566 e. The molecule has 204 valence electrons. The van der Waals surface area contributed by atoms with Crippen molar-refractivity contribution in [2.24, 2.45) is 0 Å². The van der Waals surface area contributed by atoms with Crippen molar-refractivity contribution in [2.45, 2.75) is 60.0 Å². The fourth-order valence-corrected chi connectivity index (χ4v) is 2.20. The Morgan fingerprint density at radius 1 is 0.529 bits per heavy atom. The molecular weight excluding hydrogens is 572 g/mol. The number of hydrogen-bond acceptors (Lipinski definition) is 3. The third kappa shape index (κ3) is 4.48. The third-order valence-corrected chi connectivity index (χ3v) is 4.26. The minimum atomic E-state index is -9.09. The van der Waals surface area contributed by atoms with Gasteiger partial charge >= 0.3 is 61.8 Å². The summed E-state index contributed by atoms with van der Waals surface area (Å²) >= 11 is 0. The second-order valence-corrected chi connectivity index (χ2v) is 6.74. The van der Waals surface area contributed by atoms with Crippen molar-refractivity contribution < 1.29 is 97.4 Å². The molecule has 0 N–H and O–H groups in total. The number of halogens is 19. The Labute approximate surface area is 173 Å². The molecule has 0 aromatic rings. The van der Waals surface area contributed by atoms with Gasteiger partial charge in [-0.3, -0.25) is 0 Å². The van der Waals surface area contributed by atoms with Gasteiger partial charge in [-0.2, -0.15) is 79.0 Å². The molecular formula is C11H4F19O3P. The van der Waals surface area contributed by atoms with Gasteiger partial charge in [0.1, 0.15) is 6.61 Å². The van der Waals surface area contributed by atoms with E-state index in [1.54, 1.807) is 0 Å². The van der Waals surface area contributed by atoms with Crippen molar-refractivity contribution in [2.75, 3.05) is 6.61 Å². The highest BCUT2D eigenvalue weighted by Gasteiger charge is 2.98. The second-order valence-electron chi connectivity index (χ2n) is 6.04. The summed E-state index contributed by atoms with van der Waals surface area (Å²) in [6, 6.07) is 0. The molecule has 23 heteroatoms. The predicted octanol–water partition coefficient (Wildman–Crippen LogP) is 6.06. The summed E-state index contributed by atoms with van der Waals surface area (Å²) in [7, 11) is -4.20. The van der Waals surface area contributed by atoms with Crippen LogP contribution in [0.2, 0.25) is 0 Å². The smallest absolute Gasteiger partial charge is 0.488 e. The van der Waals surface area contributed by atoms with E-state index in [1.807, 2.05) is 0 Å². The molecule has 0 bridgehead atoms. The molecule has 0 aromatic heterocycles. The highest BCUT2D eigenvalue weighted by molar-refractivity contribution is 7.30. The third-order valence-electron chi connectivity index (χ3n) is 3.86. The molecule has 0 saturated heterocycles. The lowest BCUT2D eigenvalue weighted by Gasteiger charge is -2.45. The van der Waals surface area contributed by atoms with Gasteiger partial charge in [0.25, 0.3) is 0 Å². The van der Waals surface area contributed by atoms with Crippen molar-refractivity contribution >= 4 is 8.25 Å². The molecule has 0 saturated carbocycles. The number of alkyl halides is 19. The van der Waals surface area contributed by atoms with Crippen molar-refractivity contribution in [1.82, 2.24) is 0 Å². The predicted molar refractivity (Wildman–Crippen MR) is 63.8 cm³/mol. The van der Waals surface area contributed by atoms with Crippen molar-refractivity contribution in [3.8, 4) is 0 Å². The maximum atomic E-state index is 13.4. The van der Waals surface area contributed by atoms with Crippen LogP contribution in [-0.4, -0.2) is 60.2 Å². The van der Waals surface area contributed by atoms with E-state index in [1.165, 1.54) is 0 Å². The average Bonchev–Trinajstić information content (AvgIpc) is 2.57. The zero-order valence-electron chi connectivity index (χ0n) is 14.8. The summed E-state index contributed by atoms with van der Waals surface area (Å²) in [6.07, 6.45) is -19.7. The molecule has 0 rings (SSSR count). The first-order valence-corrected chi connectivity index (χ1v) is 8.38. The molecule has 34 heavy (non-hydrogen) atoms. The van der Waals surface area contributed by atoms with Crippen LogP contribution in [-0.2, 0) is 9.09 Å². The summed E-state index contributed by atoms with van der Waals surface area (Å²) < 4.78 is 260. The highest BCUT2D eigenvalue weighted by Crippen LogP contribution is 2.66. The van der Waals surface area contributed by atoms with Crippen LogP contribution >= 0.6 is 8.25 Å². The quantitative estimate of drug-likeness (QED) is 0.235. The van der Waals surface area contributed by atoms with Crippen LogP contribution in [0.1, 0.15) is 6.42 Å². The maximum absolute atomic E-state index is 13.4. The molecule has 0 radical (unpaired) electrons. The molecule has 0 spiro atoms. The van der Waals surface area contributed by atoms with Gasteiger partial charge in [0.05, 0.1) is 0 Å². The fourth-order valence-electron chi connectivity index (χ4n) is 1.96. The highest BCUT2D eigenvalue weighted by atomic mass is 31.1. The normalized spacial score (nSPS) is 16.6. The molecule has 0 aromatic carbocycles. The molecule has 1 atom stereocenters. The van der Waals surface area contributed by atoms with Gasteiger partial charge in [-0.1, -0.05) is 0 Å². The van der Waals surface area contributed by atoms with E-state index < -0.39 is 74.8 Å². The number of hydrogen-bond donors (Lipinski definition) is 0. The van der Waals surface area contributed by atoms with Crippen LogP contribution < -0.4 is 4.89 Å². The Bertz CT molecular complexity index is 740. The van der Waals surface area contributed by atoms with Gasteiger partial charge in [-0.25, -0.2) is 4.39 Å². The van der Waals surface area contributed by atoms with Gasteiger partial charge in [0, 0.05) is 6.42 Å². The van der Waals surface area contributed by atoms with E-state index in [9.17, 15) is 92.9 Å². The van der Waals surface area contributed by atoms with E-state index in [4.69, 9.17) is 0 Å². The topological polar surface area (TPSA) is 49.4 Å². The lowest BCUT2D eigenvalue weighted by Crippen LogP contribution is -2.77. The maximum Gasteiger partial charge on any atom is 0.488 e.